The van der Waals surface area contributed by atoms with Crippen LogP contribution in [0.5, 0.6) is 5.75 Å². The Labute approximate surface area is 131 Å². The van der Waals surface area contributed by atoms with Crippen LogP contribution in [0.4, 0.5) is 0 Å². The fraction of sp³-hybridized carbons (Fsp3) is 0.471. The number of benzene rings is 1. The summed E-state index contributed by atoms with van der Waals surface area (Å²) in [6.07, 6.45) is 1.00. The van der Waals surface area contributed by atoms with Crippen molar-refractivity contribution in [2.75, 3.05) is 0 Å². The van der Waals surface area contributed by atoms with Crippen molar-refractivity contribution in [3.63, 3.8) is 0 Å². The molecule has 114 valence electrons. The first-order chi connectivity index (χ1) is 9.95. The Balaban J connectivity index is 2.28. The van der Waals surface area contributed by atoms with Gasteiger partial charge in [0.25, 0.3) is 0 Å². The van der Waals surface area contributed by atoms with E-state index in [-0.39, 0.29) is 0 Å². The van der Waals surface area contributed by atoms with Crippen LogP contribution in [0.1, 0.15) is 38.3 Å². The van der Waals surface area contributed by atoms with Crippen molar-refractivity contribution in [1.82, 2.24) is 10.3 Å². The second-order valence-corrected chi connectivity index (χ2v) is 7.15. The minimum absolute atomic E-state index is 0.291. The molecule has 0 aliphatic rings. The van der Waals surface area contributed by atoms with Crippen molar-refractivity contribution in [3.05, 3.63) is 34.8 Å². The van der Waals surface area contributed by atoms with Crippen molar-refractivity contribution in [2.24, 2.45) is 5.92 Å². The van der Waals surface area contributed by atoms with Gasteiger partial charge in [-0.3, -0.25) is 0 Å². The maximum Gasteiger partial charge on any atom is 0.123 e. The lowest BCUT2D eigenvalue weighted by Crippen LogP contribution is -2.22. The first-order valence-corrected chi connectivity index (χ1v) is 8.28. The van der Waals surface area contributed by atoms with Gasteiger partial charge in [0.15, 0.2) is 0 Å². The van der Waals surface area contributed by atoms with E-state index in [1.807, 2.05) is 12.1 Å². The highest BCUT2D eigenvalue weighted by Crippen LogP contribution is 2.30. The smallest absolute Gasteiger partial charge is 0.123 e. The van der Waals surface area contributed by atoms with Crippen LogP contribution in [0.25, 0.3) is 10.6 Å². The first kappa shape index (κ1) is 16.0. The number of nitrogens with zero attached hydrogens (tertiary/aromatic N) is 1. The summed E-state index contributed by atoms with van der Waals surface area (Å²) >= 11 is 1.75. The van der Waals surface area contributed by atoms with Crippen LogP contribution >= 0.6 is 11.3 Å². The zero-order valence-corrected chi connectivity index (χ0v) is 14.0. The molecule has 2 N–H and O–H groups in total. The van der Waals surface area contributed by atoms with Crippen LogP contribution in [0.2, 0.25) is 0 Å². The molecule has 0 aliphatic heterocycles. The van der Waals surface area contributed by atoms with Gasteiger partial charge in [-0.25, -0.2) is 4.98 Å². The summed E-state index contributed by atoms with van der Waals surface area (Å²) in [4.78, 5) is 6.14. The average molecular weight is 304 g/mol. The van der Waals surface area contributed by atoms with Gasteiger partial charge in [0.05, 0.1) is 5.69 Å². The van der Waals surface area contributed by atoms with Crippen molar-refractivity contribution < 1.29 is 5.11 Å². The summed E-state index contributed by atoms with van der Waals surface area (Å²) in [5, 5.41) is 13.9. The number of nitrogens with one attached hydrogen (secondary N) is 1. The molecule has 0 fully saturated rings. The van der Waals surface area contributed by atoms with Gasteiger partial charge in [0.1, 0.15) is 10.8 Å². The first-order valence-electron chi connectivity index (χ1n) is 7.47. The van der Waals surface area contributed by atoms with Crippen molar-refractivity contribution in [1.29, 1.82) is 0 Å². The van der Waals surface area contributed by atoms with E-state index in [1.54, 1.807) is 23.5 Å². The van der Waals surface area contributed by atoms with E-state index in [4.69, 9.17) is 4.98 Å². The van der Waals surface area contributed by atoms with Crippen LogP contribution < -0.4 is 5.32 Å². The molecule has 2 rings (SSSR count). The number of aromatic hydroxyl groups is 1. The van der Waals surface area contributed by atoms with E-state index in [0.717, 1.165) is 23.5 Å². The molecule has 0 aliphatic carbocycles. The molecule has 1 heterocycles. The predicted molar refractivity (Wildman–Crippen MR) is 89.7 cm³/mol. The zero-order chi connectivity index (χ0) is 15.4. The molecule has 0 amide bonds. The summed E-state index contributed by atoms with van der Waals surface area (Å²) in [5.41, 5.74) is 2.27. The molecule has 0 radical (unpaired) electrons. The zero-order valence-electron chi connectivity index (χ0n) is 13.2. The third kappa shape index (κ3) is 4.55. The molecule has 1 aromatic carbocycles. The minimum atomic E-state index is 0.291. The lowest BCUT2D eigenvalue weighted by Gasteiger charge is -2.08. The van der Waals surface area contributed by atoms with E-state index in [0.29, 0.717) is 17.7 Å². The standard InChI is InChI=1S/C17H24N2OS/c1-11(2)9-15-16(10-18-12(3)4)21-17(19-15)13-5-7-14(20)8-6-13/h5-8,11-12,18,20H,9-10H2,1-4H3. The fourth-order valence-corrected chi connectivity index (χ4v) is 3.14. The molecular formula is C17H24N2OS. The van der Waals surface area contributed by atoms with Crippen LogP contribution in [0.3, 0.4) is 0 Å². The van der Waals surface area contributed by atoms with Gasteiger partial charge < -0.3 is 10.4 Å². The molecule has 0 spiro atoms. The molecule has 4 heteroatoms. The van der Waals surface area contributed by atoms with Gasteiger partial charge in [-0.05, 0) is 36.6 Å². The fourth-order valence-electron chi connectivity index (χ4n) is 2.09. The molecule has 0 saturated heterocycles. The Morgan fingerprint density at radius 1 is 1.14 bits per heavy atom. The highest BCUT2D eigenvalue weighted by Gasteiger charge is 2.14. The van der Waals surface area contributed by atoms with Crippen LogP contribution in [-0.2, 0) is 13.0 Å². The summed E-state index contributed by atoms with van der Waals surface area (Å²) in [6.45, 7) is 9.63. The van der Waals surface area contributed by atoms with E-state index in [1.165, 1.54) is 10.6 Å². The maximum atomic E-state index is 9.40. The molecular weight excluding hydrogens is 280 g/mol. The van der Waals surface area contributed by atoms with Gasteiger partial charge >= 0.3 is 0 Å². The van der Waals surface area contributed by atoms with Crippen LogP contribution in [-0.4, -0.2) is 16.1 Å². The number of aromatic nitrogens is 1. The van der Waals surface area contributed by atoms with Gasteiger partial charge in [0, 0.05) is 23.0 Å². The second-order valence-electron chi connectivity index (χ2n) is 6.07. The number of hydrogen-bond acceptors (Lipinski definition) is 4. The van der Waals surface area contributed by atoms with Crippen molar-refractivity contribution in [2.45, 2.75) is 46.7 Å². The third-order valence-corrected chi connectivity index (χ3v) is 4.31. The predicted octanol–water partition coefficient (Wildman–Crippen LogP) is 4.21. The molecule has 0 saturated carbocycles. The Morgan fingerprint density at radius 3 is 2.38 bits per heavy atom. The molecule has 0 atom stereocenters. The molecule has 3 nitrogen and oxygen atoms in total. The van der Waals surface area contributed by atoms with Crippen LogP contribution in [0.15, 0.2) is 24.3 Å². The number of phenolic OH excluding ortho intramolecular Hbond substituents is 1. The lowest BCUT2D eigenvalue weighted by molar-refractivity contribution is 0.475. The van der Waals surface area contributed by atoms with E-state index in [9.17, 15) is 5.11 Å². The molecule has 0 bridgehead atoms. The molecule has 2 aromatic rings. The van der Waals surface area contributed by atoms with E-state index < -0.39 is 0 Å². The Kier molecular flexibility index (Phi) is 5.37. The molecule has 21 heavy (non-hydrogen) atoms. The number of rotatable bonds is 6. The van der Waals surface area contributed by atoms with E-state index in [2.05, 4.69) is 33.0 Å². The second kappa shape index (κ2) is 7.05. The lowest BCUT2D eigenvalue weighted by atomic mass is 10.1. The van der Waals surface area contributed by atoms with Gasteiger partial charge in [-0.15, -0.1) is 11.3 Å². The maximum absolute atomic E-state index is 9.40. The quantitative estimate of drug-likeness (QED) is 0.840. The summed E-state index contributed by atoms with van der Waals surface area (Å²) in [5.74, 6) is 0.886. The molecule has 0 unspecified atom stereocenters. The van der Waals surface area contributed by atoms with Gasteiger partial charge in [0.2, 0.25) is 0 Å². The largest absolute Gasteiger partial charge is 0.508 e. The monoisotopic (exact) mass is 304 g/mol. The summed E-state index contributed by atoms with van der Waals surface area (Å²) in [6, 6.07) is 7.74. The Hall–Kier alpha value is -1.39. The van der Waals surface area contributed by atoms with Gasteiger partial charge in [-0.1, -0.05) is 27.7 Å². The van der Waals surface area contributed by atoms with Crippen molar-refractivity contribution in [3.8, 4) is 16.3 Å². The normalized spacial score (nSPS) is 11.5. The number of thiazole rings is 1. The Bertz CT molecular complexity index is 573. The minimum Gasteiger partial charge on any atom is -0.508 e. The third-order valence-electron chi connectivity index (χ3n) is 3.16. The van der Waals surface area contributed by atoms with Gasteiger partial charge in [-0.2, -0.15) is 0 Å². The number of phenols is 1. The van der Waals surface area contributed by atoms with E-state index >= 15 is 0 Å². The summed E-state index contributed by atoms with van der Waals surface area (Å²) in [7, 11) is 0. The highest BCUT2D eigenvalue weighted by atomic mass is 32.1. The molecule has 1 aromatic heterocycles. The SMILES string of the molecule is CC(C)Cc1nc(-c2ccc(O)cc2)sc1CNC(C)C. The Morgan fingerprint density at radius 2 is 1.81 bits per heavy atom. The average Bonchev–Trinajstić information content (AvgIpc) is 2.79. The van der Waals surface area contributed by atoms with Crippen molar-refractivity contribution >= 4 is 11.3 Å². The topological polar surface area (TPSA) is 45.2 Å². The number of hydrogen-bond donors (Lipinski definition) is 2. The summed E-state index contributed by atoms with van der Waals surface area (Å²) < 4.78 is 0. The van der Waals surface area contributed by atoms with Crippen LogP contribution in [0, 0.1) is 5.92 Å². The highest BCUT2D eigenvalue weighted by molar-refractivity contribution is 7.15.